The van der Waals surface area contributed by atoms with E-state index in [9.17, 15) is 0 Å². The average molecular weight is 181 g/mol. The first kappa shape index (κ1) is 9.62. The molecule has 0 fully saturated rings. The first-order valence-corrected chi connectivity index (χ1v) is 10.9. The summed E-state index contributed by atoms with van der Waals surface area (Å²) in [6.45, 7) is 7.05. The van der Waals surface area contributed by atoms with E-state index < -0.39 is 16.0 Å². The molecule has 0 heterocycles. The summed E-state index contributed by atoms with van der Waals surface area (Å²) in [5.41, 5.74) is 0. The normalized spacial score (nSPS) is 9.67. The van der Waals surface area contributed by atoms with Crippen molar-refractivity contribution in [1.29, 1.82) is 0 Å². The molecule has 0 aliphatic rings. The molecule has 0 spiro atoms. The van der Waals surface area contributed by atoms with Gasteiger partial charge in [0.05, 0.1) is 0 Å². The van der Waals surface area contributed by atoms with E-state index in [4.69, 9.17) is 0 Å². The third-order valence-electron chi connectivity index (χ3n) is 2.41. The summed E-state index contributed by atoms with van der Waals surface area (Å²) in [4.78, 5) is 0. The first-order valence-electron chi connectivity index (χ1n) is 4.62. The first-order chi connectivity index (χ1) is 4.35. The zero-order valence-corrected chi connectivity index (χ0v) is 10.2. The molecule has 0 aliphatic carbocycles. The van der Waals surface area contributed by atoms with Crippen LogP contribution in [-0.4, -0.2) is 0 Å². The standard InChI is InChI=1S/2C3H7.C2H5.Zn/c2*1-3-2;1-2;/h2*1,3H2,2H3;1H2,2H3;. The summed E-state index contributed by atoms with van der Waals surface area (Å²) in [7, 11) is 0. The molecule has 53 valence electrons. The molecule has 0 unspecified atom stereocenters. The van der Waals surface area contributed by atoms with Crippen LogP contribution in [0, 0.1) is 0 Å². The Morgan fingerprint density at radius 1 is 0.889 bits per heavy atom. The molecule has 0 saturated heterocycles. The van der Waals surface area contributed by atoms with E-state index in [0.717, 1.165) is 0 Å². The molecule has 0 aromatic heterocycles. The SMILES string of the molecule is CC[CH2][Zn]([CH2]C)[CH2]CC. The molecule has 0 amide bonds. The van der Waals surface area contributed by atoms with Crippen LogP contribution in [0.5, 0.6) is 0 Å². The van der Waals surface area contributed by atoms with Crippen molar-refractivity contribution in [3.8, 4) is 0 Å². The zero-order chi connectivity index (χ0) is 7.11. The van der Waals surface area contributed by atoms with E-state index in [1.165, 1.54) is 12.8 Å². The van der Waals surface area contributed by atoms with Crippen LogP contribution in [0.3, 0.4) is 0 Å². The molecule has 0 atom stereocenters. The second kappa shape index (κ2) is 6.74. The second-order valence-electron chi connectivity index (χ2n) is 3.27. The van der Waals surface area contributed by atoms with E-state index in [1.54, 1.807) is 15.0 Å². The second-order valence-corrected chi connectivity index (χ2v) is 12.8. The molecule has 0 aromatic carbocycles. The van der Waals surface area contributed by atoms with Gasteiger partial charge in [-0.1, -0.05) is 0 Å². The molecule has 0 bridgehead atoms. The van der Waals surface area contributed by atoms with Crippen molar-refractivity contribution >= 4 is 0 Å². The summed E-state index contributed by atoms with van der Waals surface area (Å²) < 4.78 is 0. The van der Waals surface area contributed by atoms with Gasteiger partial charge in [-0.25, -0.2) is 0 Å². The molecule has 9 heavy (non-hydrogen) atoms. The van der Waals surface area contributed by atoms with Gasteiger partial charge in [0.25, 0.3) is 0 Å². The fraction of sp³-hybridized carbons (Fsp3) is 1.00. The van der Waals surface area contributed by atoms with Gasteiger partial charge in [-0.15, -0.1) is 0 Å². The molecule has 0 rings (SSSR count). The van der Waals surface area contributed by atoms with Gasteiger partial charge in [0, 0.05) is 0 Å². The Labute approximate surface area is 64.9 Å². The van der Waals surface area contributed by atoms with Crippen molar-refractivity contribution in [3.05, 3.63) is 0 Å². The van der Waals surface area contributed by atoms with Crippen LogP contribution in [0.4, 0.5) is 0 Å². The van der Waals surface area contributed by atoms with Crippen LogP contribution in [0.1, 0.15) is 33.6 Å². The Kier molecular flexibility index (Phi) is 7.21. The summed E-state index contributed by atoms with van der Waals surface area (Å²) in [5.74, 6) is 0. The molecule has 0 aliphatic heterocycles. The van der Waals surface area contributed by atoms with Gasteiger partial charge in [-0.3, -0.25) is 0 Å². The van der Waals surface area contributed by atoms with E-state index >= 15 is 0 Å². The van der Waals surface area contributed by atoms with Gasteiger partial charge in [0.2, 0.25) is 0 Å². The van der Waals surface area contributed by atoms with Crippen LogP contribution in [0.2, 0.25) is 15.0 Å². The van der Waals surface area contributed by atoms with E-state index in [2.05, 4.69) is 20.8 Å². The maximum atomic E-state index is 2.39. The quantitative estimate of drug-likeness (QED) is 0.566. The number of hydrogen-bond donors (Lipinski definition) is 0. The summed E-state index contributed by atoms with van der Waals surface area (Å²) >= 11 is -0.826. The molecule has 0 aromatic rings. The van der Waals surface area contributed by atoms with Gasteiger partial charge in [0.1, 0.15) is 0 Å². The Hall–Kier alpha value is 0.623. The van der Waals surface area contributed by atoms with Crippen molar-refractivity contribution in [2.75, 3.05) is 0 Å². The molecule has 0 N–H and O–H groups in total. The Balaban J connectivity index is 3.18. The third kappa shape index (κ3) is 5.09. The van der Waals surface area contributed by atoms with Gasteiger partial charge in [-0.2, -0.15) is 0 Å². The van der Waals surface area contributed by atoms with Crippen LogP contribution in [-0.2, 0) is 16.0 Å². The zero-order valence-electron chi connectivity index (χ0n) is 7.24. The van der Waals surface area contributed by atoms with Crippen LogP contribution in [0.25, 0.3) is 0 Å². The minimum atomic E-state index is -0.826. The Bertz CT molecular complexity index is 46.5. The maximum absolute atomic E-state index is 2.39. The van der Waals surface area contributed by atoms with Gasteiger partial charge >= 0.3 is 64.6 Å². The van der Waals surface area contributed by atoms with Gasteiger partial charge in [-0.05, 0) is 0 Å². The van der Waals surface area contributed by atoms with Gasteiger partial charge in [0.15, 0.2) is 0 Å². The third-order valence-corrected chi connectivity index (χ3v) is 12.5. The fourth-order valence-corrected chi connectivity index (χ4v) is 8.71. The van der Waals surface area contributed by atoms with Crippen LogP contribution < -0.4 is 0 Å². The minimum absolute atomic E-state index is 0.826. The topological polar surface area (TPSA) is 0 Å². The Morgan fingerprint density at radius 2 is 1.33 bits per heavy atom. The van der Waals surface area contributed by atoms with Crippen molar-refractivity contribution < 1.29 is 16.0 Å². The van der Waals surface area contributed by atoms with Crippen molar-refractivity contribution in [3.63, 3.8) is 0 Å². The van der Waals surface area contributed by atoms with E-state index in [0.29, 0.717) is 0 Å². The molecular weight excluding hydrogens is 161 g/mol. The molecular formula is C8H19Zn. The fourth-order valence-electron chi connectivity index (χ4n) is 1.68. The number of rotatable bonds is 5. The van der Waals surface area contributed by atoms with Crippen LogP contribution in [0.15, 0.2) is 0 Å². The summed E-state index contributed by atoms with van der Waals surface area (Å²) in [5, 5.41) is 4.87. The molecule has 1 heteroatoms. The van der Waals surface area contributed by atoms with Crippen LogP contribution >= 0.6 is 0 Å². The van der Waals surface area contributed by atoms with Crippen molar-refractivity contribution in [2.45, 2.75) is 48.7 Å². The van der Waals surface area contributed by atoms with E-state index in [-0.39, 0.29) is 0 Å². The Morgan fingerprint density at radius 3 is 1.56 bits per heavy atom. The summed E-state index contributed by atoms with van der Waals surface area (Å²) in [6, 6.07) is 0. The predicted octanol–water partition coefficient (Wildman–Crippen LogP) is 3.70. The molecule has 0 saturated carbocycles. The van der Waals surface area contributed by atoms with Crippen molar-refractivity contribution in [1.82, 2.24) is 0 Å². The number of hydrogen-bond acceptors (Lipinski definition) is 0. The monoisotopic (exact) mass is 179 g/mol. The molecule has 0 radical (unpaired) electrons. The van der Waals surface area contributed by atoms with E-state index in [1.807, 2.05) is 0 Å². The molecule has 0 nitrogen and oxygen atoms in total. The van der Waals surface area contributed by atoms with Gasteiger partial charge < -0.3 is 0 Å². The summed E-state index contributed by atoms with van der Waals surface area (Å²) in [6.07, 6.45) is 2.90. The predicted molar refractivity (Wildman–Crippen MR) is 40.7 cm³/mol. The van der Waals surface area contributed by atoms with Crippen molar-refractivity contribution in [2.24, 2.45) is 0 Å². The average Bonchev–Trinajstić information content (AvgIpc) is 1.88.